The van der Waals surface area contributed by atoms with Gasteiger partial charge in [-0.2, -0.15) is 0 Å². The van der Waals surface area contributed by atoms with Crippen LogP contribution in [0.25, 0.3) is 0 Å². The first-order valence-electron chi connectivity index (χ1n) is 5.89. The Kier molecular flexibility index (Phi) is 5.84. The second-order valence-electron chi connectivity index (χ2n) is 3.74. The number of unbranched alkanes of at least 4 members (excludes halogenated alkanes) is 2. The molecule has 1 N–H and O–H groups in total. The number of aromatic hydroxyl groups is 1. The molecule has 0 saturated carbocycles. The standard InChI is InChI=1S/C13H18O5/c1-3-4-5-8-17-13(15)18-10-6-7-12(16-2)11(14)9-10/h6-7,9,14H,3-5,8H2,1-2H3. The maximum absolute atomic E-state index is 11.3. The van der Waals surface area contributed by atoms with E-state index in [0.717, 1.165) is 19.3 Å². The summed E-state index contributed by atoms with van der Waals surface area (Å²) in [5.41, 5.74) is 0. The average molecular weight is 254 g/mol. The van der Waals surface area contributed by atoms with Gasteiger partial charge in [-0.1, -0.05) is 19.8 Å². The SMILES string of the molecule is CCCCCOC(=O)Oc1ccc(OC)c(O)c1. The summed E-state index contributed by atoms with van der Waals surface area (Å²) in [5, 5.41) is 9.49. The molecule has 0 radical (unpaired) electrons. The van der Waals surface area contributed by atoms with Gasteiger partial charge < -0.3 is 19.3 Å². The molecular weight excluding hydrogens is 236 g/mol. The lowest BCUT2D eigenvalue weighted by Gasteiger charge is -2.07. The molecule has 0 bridgehead atoms. The molecule has 0 aliphatic carbocycles. The summed E-state index contributed by atoms with van der Waals surface area (Å²) in [5.74, 6) is 0.446. The molecule has 100 valence electrons. The number of hydrogen-bond donors (Lipinski definition) is 1. The second kappa shape index (κ2) is 7.42. The van der Waals surface area contributed by atoms with Crippen LogP contribution in [0.1, 0.15) is 26.2 Å². The van der Waals surface area contributed by atoms with Crippen LogP contribution >= 0.6 is 0 Å². The number of ether oxygens (including phenoxy) is 3. The topological polar surface area (TPSA) is 65.0 Å². The number of phenols is 1. The number of benzene rings is 1. The van der Waals surface area contributed by atoms with E-state index in [1.807, 2.05) is 0 Å². The summed E-state index contributed by atoms with van der Waals surface area (Å²) in [6.07, 6.45) is 2.12. The molecule has 18 heavy (non-hydrogen) atoms. The fourth-order valence-corrected chi connectivity index (χ4v) is 1.37. The maximum atomic E-state index is 11.3. The third-order valence-corrected chi connectivity index (χ3v) is 2.32. The van der Waals surface area contributed by atoms with Gasteiger partial charge in [0.1, 0.15) is 5.75 Å². The Hall–Kier alpha value is -1.91. The Morgan fingerprint density at radius 1 is 1.33 bits per heavy atom. The van der Waals surface area contributed by atoms with E-state index in [9.17, 15) is 9.90 Å². The number of hydrogen-bond acceptors (Lipinski definition) is 5. The first-order valence-corrected chi connectivity index (χ1v) is 5.89. The van der Waals surface area contributed by atoms with Crippen molar-refractivity contribution in [3.05, 3.63) is 18.2 Å². The first-order chi connectivity index (χ1) is 8.67. The number of methoxy groups -OCH3 is 1. The molecule has 0 fully saturated rings. The van der Waals surface area contributed by atoms with E-state index in [-0.39, 0.29) is 11.5 Å². The van der Waals surface area contributed by atoms with E-state index >= 15 is 0 Å². The van der Waals surface area contributed by atoms with Crippen LogP contribution in [0.5, 0.6) is 17.2 Å². The molecule has 0 aliphatic heterocycles. The zero-order valence-electron chi connectivity index (χ0n) is 10.6. The largest absolute Gasteiger partial charge is 0.513 e. The zero-order valence-corrected chi connectivity index (χ0v) is 10.6. The van der Waals surface area contributed by atoms with Crippen molar-refractivity contribution in [2.75, 3.05) is 13.7 Å². The second-order valence-corrected chi connectivity index (χ2v) is 3.74. The molecule has 1 aromatic rings. The predicted molar refractivity (Wildman–Crippen MR) is 66.2 cm³/mol. The van der Waals surface area contributed by atoms with Gasteiger partial charge in [-0.25, -0.2) is 4.79 Å². The number of rotatable bonds is 6. The summed E-state index contributed by atoms with van der Waals surface area (Å²) in [6.45, 7) is 2.41. The Balaban J connectivity index is 2.42. The highest BCUT2D eigenvalue weighted by atomic mass is 16.7. The number of carbonyl (C=O) groups is 1. The van der Waals surface area contributed by atoms with E-state index in [1.54, 1.807) is 0 Å². The van der Waals surface area contributed by atoms with Gasteiger partial charge in [-0.05, 0) is 18.6 Å². The maximum Gasteiger partial charge on any atom is 0.513 e. The van der Waals surface area contributed by atoms with Crippen molar-refractivity contribution >= 4 is 6.16 Å². The van der Waals surface area contributed by atoms with Crippen LogP contribution in [0, 0.1) is 0 Å². The van der Waals surface area contributed by atoms with E-state index in [4.69, 9.17) is 14.2 Å². The third-order valence-electron chi connectivity index (χ3n) is 2.32. The Bertz CT molecular complexity index is 389. The first kappa shape index (κ1) is 14.2. The van der Waals surface area contributed by atoms with Gasteiger partial charge in [0.05, 0.1) is 13.7 Å². The van der Waals surface area contributed by atoms with Crippen LogP contribution in [-0.2, 0) is 4.74 Å². The number of phenolic OH excluding ortho intramolecular Hbond substituents is 1. The third kappa shape index (κ3) is 4.53. The molecule has 5 nitrogen and oxygen atoms in total. The van der Waals surface area contributed by atoms with Gasteiger partial charge >= 0.3 is 6.16 Å². The molecule has 5 heteroatoms. The van der Waals surface area contributed by atoms with E-state index in [1.165, 1.54) is 25.3 Å². The normalized spacial score (nSPS) is 9.89. The van der Waals surface area contributed by atoms with Crippen LogP contribution < -0.4 is 9.47 Å². The molecule has 1 rings (SSSR count). The molecule has 0 aromatic heterocycles. The van der Waals surface area contributed by atoms with E-state index < -0.39 is 6.16 Å². The lowest BCUT2D eigenvalue weighted by atomic mass is 10.3. The fourth-order valence-electron chi connectivity index (χ4n) is 1.37. The minimum atomic E-state index is -0.768. The van der Waals surface area contributed by atoms with Gasteiger partial charge in [-0.15, -0.1) is 0 Å². The monoisotopic (exact) mass is 254 g/mol. The van der Waals surface area contributed by atoms with Crippen molar-refractivity contribution in [1.29, 1.82) is 0 Å². The van der Waals surface area contributed by atoms with Crippen molar-refractivity contribution in [2.45, 2.75) is 26.2 Å². The molecule has 0 saturated heterocycles. The van der Waals surface area contributed by atoms with E-state index in [0.29, 0.717) is 12.4 Å². The smallest absolute Gasteiger partial charge is 0.504 e. The Morgan fingerprint density at radius 2 is 2.11 bits per heavy atom. The molecule has 1 aromatic carbocycles. The Labute approximate surface area is 106 Å². The highest BCUT2D eigenvalue weighted by Crippen LogP contribution is 2.29. The van der Waals surface area contributed by atoms with Gasteiger partial charge in [0.25, 0.3) is 0 Å². The van der Waals surface area contributed by atoms with Crippen LogP contribution in [0.15, 0.2) is 18.2 Å². The van der Waals surface area contributed by atoms with Crippen molar-refractivity contribution in [3.63, 3.8) is 0 Å². The van der Waals surface area contributed by atoms with Crippen molar-refractivity contribution < 1.29 is 24.1 Å². The number of carbonyl (C=O) groups excluding carboxylic acids is 1. The van der Waals surface area contributed by atoms with Crippen LogP contribution in [-0.4, -0.2) is 25.0 Å². The molecule has 0 heterocycles. The lowest BCUT2D eigenvalue weighted by molar-refractivity contribution is 0.0973. The molecule has 0 aliphatic rings. The summed E-state index contributed by atoms with van der Waals surface area (Å²) in [6, 6.07) is 4.33. The van der Waals surface area contributed by atoms with Gasteiger partial charge in [-0.3, -0.25) is 0 Å². The quantitative estimate of drug-likeness (QED) is 0.480. The van der Waals surface area contributed by atoms with Crippen LogP contribution in [0.3, 0.4) is 0 Å². The molecule has 0 atom stereocenters. The molecule has 0 spiro atoms. The molecule has 0 amide bonds. The molecule has 0 unspecified atom stereocenters. The van der Waals surface area contributed by atoms with Crippen LogP contribution in [0.4, 0.5) is 4.79 Å². The summed E-state index contributed by atoms with van der Waals surface area (Å²) >= 11 is 0. The van der Waals surface area contributed by atoms with Gasteiger partial charge in [0.2, 0.25) is 0 Å². The highest BCUT2D eigenvalue weighted by Gasteiger charge is 2.08. The minimum absolute atomic E-state index is 0.0891. The minimum Gasteiger partial charge on any atom is -0.504 e. The summed E-state index contributed by atoms with van der Waals surface area (Å²) < 4.78 is 14.6. The van der Waals surface area contributed by atoms with Crippen molar-refractivity contribution in [3.8, 4) is 17.2 Å². The summed E-state index contributed by atoms with van der Waals surface area (Å²) in [4.78, 5) is 11.3. The Morgan fingerprint density at radius 3 is 2.72 bits per heavy atom. The van der Waals surface area contributed by atoms with Crippen LogP contribution in [0.2, 0.25) is 0 Å². The van der Waals surface area contributed by atoms with E-state index in [2.05, 4.69) is 6.92 Å². The summed E-state index contributed by atoms with van der Waals surface area (Å²) in [7, 11) is 1.44. The highest BCUT2D eigenvalue weighted by molar-refractivity contribution is 5.64. The average Bonchev–Trinajstić information content (AvgIpc) is 2.35. The zero-order chi connectivity index (χ0) is 13.4. The van der Waals surface area contributed by atoms with Crippen molar-refractivity contribution in [2.24, 2.45) is 0 Å². The van der Waals surface area contributed by atoms with Crippen molar-refractivity contribution in [1.82, 2.24) is 0 Å². The van der Waals surface area contributed by atoms with Gasteiger partial charge in [0.15, 0.2) is 11.5 Å². The predicted octanol–water partition coefficient (Wildman–Crippen LogP) is 3.11. The van der Waals surface area contributed by atoms with Gasteiger partial charge in [0, 0.05) is 6.07 Å². The lowest BCUT2D eigenvalue weighted by Crippen LogP contribution is -2.11. The molecular formula is C13H18O5. The fraction of sp³-hybridized carbons (Fsp3) is 0.462.